The highest BCUT2D eigenvalue weighted by Gasteiger charge is 2.06. The molecule has 1 aromatic heterocycles. The maximum atomic E-state index is 11.7. The SMILES string of the molecule is CCCCCCCCCCCCCCCCCCNC(=O)c1csnn1. The van der Waals surface area contributed by atoms with E-state index in [1.807, 2.05) is 0 Å². The fourth-order valence-corrected chi connectivity index (χ4v) is 3.67. The van der Waals surface area contributed by atoms with Crippen LogP contribution >= 0.6 is 11.5 Å². The van der Waals surface area contributed by atoms with Gasteiger partial charge < -0.3 is 5.32 Å². The van der Waals surface area contributed by atoms with E-state index in [0.29, 0.717) is 5.69 Å². The summed E-state index contributed by atoms with van der Waals surface area (Å²) in [5.74, 6) is -0.0975. The number of carbonyl (C=O) groups is 1. The van der Waals surface area contributed by atoms with Crippen molar-refractivity contribution in [2.24, 2.45) is 0 Å². The van der Waals surface area contributed by atoms with Gasteiger partial charge in [0, 0.05) is 11.9 Å². The number of amides is 1. The van der Waals surface area contributed by atoms with E-state index < -0.39 is 0 Å². The van der Waals surface area contributed by atoms with E-state index in [0.717, 1.165) is 13.0 Å². The van der Waals surface area contributed by atoms with Crippen molar-refractivity contribution in [3.05, 3.63) is 11.1 Å². The monoisotopic (exact) mass is 381 g/mol. The van der Waals surface area contributed by atoms with Gasteiger partial charge in [0.1, 0.15) is 0 Å². The number of rotatable bonds is 18. The summed E-state index contributed by atoms with van der Waals surface area (Å²) in [5.41, 5.74) is 0.437. The number of hydrogen-bond donors (Lipinski definition) is 1. The molecule has 0 atom stereocenters. The first kappa shape index (κ1) is 23.1. The minimum atomic E-state index is -0.0975. The molecule has 0 unspecified atom stereocenters. The molecule has 1 amide bonds. The summed E-state index contributed by atoms with van der Waals surface area (Å²) in [4.78, 5) is 11.7. The van der Waals surface area contributed by atoms with Crippen molar-refractivity contribution in [1.29, 1.82) is 0 Å². The second-order valence-electron chi connectivity index (χ2n) is 7.35. The van der Waals surface area contributed by atoms with Crippen LogP contribution in [0.3, 0.4) is 0 Å². The molecule has 1 heterocycles. The van der Waals surface area contributed by atoms with Gasteiger partial charge in [-0.3, -0.25) is 4.79 Å². The van der Waals surface area contributed by atoms with Gasteiger partial charge in [0.2, 0.25) is 0 Å². The molecule has 0 aromatic carbocycles. The van der Waals surface area contributed by atoms with Gasteiger partial charge in [-0.1, -0.05) is 108 Å². The summed E-state index contributed by atoms with van der Waals surface area (Å²) in [6, 6.07) is 0. The average Bonchev–Trinajstić information content (AvgIpc) is 3.19. The lowest BCUT2D eigenvalue weighted by Gasteiger charge is -2.04. The van der Waals surface area contributed by atoms with Crippen molar-refractivity contribution in [2.75, 3.05) is 6.54 Å². The standard InChI is InChI=1S/C21H39N3OS/c1-2-3-4-5-6-7-8-9-10-11-12-13-14-15-16-17-18-22-21(25)20-19-26-24-23-20/h19H,2-18H2,1H3,(H,22,25). The zero-order valence-electron chi connectivity index (χ0n) is 16.8. The Bertz CT molecular complexity index is 423. The zero-order valence-corrected chi connectivity index (χ0v) is 17.6. The van der Waals surface area contributed by atoms with Crippen LogP contribution in [0.1, 0.15) is 120 Å². The first-order chi connectivity index (χ1) is 12.8. The third-order valence-corrected chi connectivity index (χ3v) is 5.41. The summed E-state index contributed by atoms with van der Waals surface area (Å²) in [6.07, 6.45) is 21.9. The van der Waals surface area contributed by atoms with Crippen LogP contribution in [0, 0.1) is 0 Å². The van der Waals surface area contributed by atoms with Crippen LogP contribution in [0.4, 0.5) is 0 Å². The van der Waals surface area contributed by atoms with Crippen molar-refractivity contribution in [2.45, 2.75) is 110 Å². The Labute approximate surface area is 164 Å². The fourth-order valence-electron chi connectivity index (χ4n) is 3.23. The van der Waals surface area contributed by atoms with Crippen molar-refractivity contribution in [1.82, 2.24) is 14.9 Å². The van der Waals surface area contributed by atoms with Gasteiger partial charge in [-0.05, 0) is 18.0 Å². The molecule has 0 aliphatic rings. The minimum absolute atomic E-state index is 0.0975. The zero-order chi connectivity index (χ0) is 18.7. The van der Waals surface area contributed by atoms with Crippen molar-refractivity contribution >= 4 is 17.4 Å². The van der Waals surface area contributed by atoms with Crippen LogP contribution in [0.2, 0.25) is 0 Å². The Kier molecular flexibility index (Phi) is 15.5. The molecule has 26 heavy (non-hydrogen) atoms. The van der Waals surface area contributed by atoms with E-state index in [-0.39, 0.29) is 5.91 Å². The number of unbranched alkanes of at least 4 members (excludes halogenated alkanes) is 15. The predicted molar refractivity (Wildman–Crippen MR) is 112 cm³/mol. The third kappa shape index (κ3) is 13.3. The molecule has 0 saturated carbocycles. The van der Waals surface area contributed by atoms with Gasteiger partial charge in [0.05, 0.1) is 0 Å². The molecule has 1 aromatic rings. The maximum absolute atomic E-state index is 11.7. The largest absolute Gasteiger partial charge is 0.351 e. The first-order valence-electron chi connectivity index (χ1n) is 10.9. The molecule has 0 radical (unpaired) electrons. The highest BCUT2D eigenvalue weighted by Crippen LogP contribution is 2.13. The molecule has 5 heteroatoms. The van der Waals surface area contributed by atoms with Crippen molar-refractivity contribution < 1.29 is 4.79 Å². The number of carbonyl (C=O) groups excluding carboxylic acids is 1. The first-order valence-corrected chi connectivity index (χ1v) is 11.7. The van der Waals surface area contributed by atoms with Crippen LogP contribution in [0.25, 0.3) is 0 Å². The van der Waals surface area contributed by atoms with Crippen LogP contribution in [-0.2, 0) is 0 Å². The van der Waals surface area contributed by atoms with Gasteiger partial charge >= 0.3 is 0 Å². The number of aromatic nitrogens is 2. The Morgan fingerprint density at radius 2 is 1.27 bits per heavy atom. The lowest BCUT2D eigenvalue weighted by molar-refractivity contribution is 0.0948. The molecule has 1 N–H and O–H groups in total. The number of nitrogens with one attached hydrogen (secondary N) is 1. The number of hydrogen-bond acceptors (Lipinski definition) is 4. The molecule has 0 bridgehead atoms. The Morgan fingerprint density at radius 1 is 0.808 bits per heavy atom. The van der Waals surface area contributed by atoms with Gasteiger partial charge in [-0.2, -0.15) is 0 Å². The second kappa shape index (κ2) is 17.4. The summed E-state index contributed by atoms with van der Waals surface area (Å²) >= 11 is 1.21. The van der Waals surface area contributed by atoms with Crippen LogP contribution in [0.15, 0.2) is 5.38 Å². The molecule has 0 spiro atoms. The normalized spacial score (nSPS) is 11.0. The lowest BCUT2D eigenvalue weighted by Crippen LogP contribution is -2.24. The molecular weight excluding hydrogens is 342 g/mol. The Hall–Kier alpha value is -0.970. The van der Waals surface area contributed by atoms with Gasteiger partial charge in [0.25, 0.3) is 5.91 Å². The predicted octanol–water partition coefficient (Wildman–Crippen LogP) is 6.53. The van der Waals surface area contributed by atoms with E-state index >= 15 is 0 Å². The lowest BCUT2D eigenvalue weighted by atomic mass is 10.0. The van der Waals surface area contributed by atoms with Crippen molar-refractivity contribution in [3.8, 4) is 0 Å². The Balaban J connectivity index is 1.71. The highest BCUT2D eigenvalue weighted by atomic mass is 32.1. The molecule has 150 valence electrons. The Morgan fingerprint density at radius 3 is 1.69 bits per heavy atom. The smallest absolute Gasteiger partial charge is 0.272 e. The van der Waals surface area contributed by atoms with E-state index in [1.54, 1.807) is 5.38 Å². The van der Waals surface area contributed by atoms with Crippen LogP contribution in [0.5, 0.6) is 0 Å². The summed E-state index contributed by atoms with van der Waals surface area (Å²) < 4.78 is 3.70. The van der Waals surface area contributed by atoms with E-state index in [1.165, 1.54) is 108 Å². The number of nitrogens with zero attached hydrogens (tertiary/aromatic N) is 2. The topological polar surface area (TPSA) is 54.9 Å². The van der Waals surface area contributed by atoms with Crippen LogP contribution in [-0.4, -0.2) is 22.0 Å². The van der Waals surface area contributed by atoms with Gasteiger partial charge in [-0.25, -0.2) is 0 Å². The summed E-state index contributed by atoms with van der Waals surface area (Å²) in [7, 11) is 0. The minimum Gasteiger partial charge on any atom is -0.351 e. The third-order valence-electron chi connectivity index (χ3n) is 4.91. The average molecular weight is 382 g/mol. The van der Waals surface area contributed by atoms with E-state index in [9.17, 15) is 4.79 Å². The molecule has 0 saturated heterocycles. The highest BCUT2D eigenvalue weighted by molar-refractivity contribution is 7.03. The fraction of sp³-hybridized carbons (Fsp3) is 0.857. The maximum Gasteiger partial charge on any atom is 0.272 e. The summed E-state index contributed by atoms with van der Waals surface area (Å²) in [6.45, 7) is 3.03. The second-order valence-corrected chi connectivity index (χ2v) is 7.96. The molecule has 0 aliphatic carbocycles. The van der Waals surface area contributed by atoms with E-state index in [2.05, 4.69) is 21.8 Å². The molecule has 0 fully saturated rings. The molecule has 4 nitrogen and oxygen atoms in total. The molecular formula is C21H39N3OS. The van der Waals surface area contributed by atoms with E-state index in [4.69, 9.17) is 0 Å². The van der Waals surface area contributed by atoms with Crippen molar-refractivity contribution in [3.63, 3.8) is 0 Å². The van der Waals surface area contributed by atoms with Gasteiger partial charge in [0.15, 0.2) is 5.69 Å². The molecule has 0 aliphatic heterocycles. The summed E-state index contributed by atoms with van der Waals surface area (Å²) in [5, 5.41) is 8.35. The quantitative estimate of drug-likeness (QED) is 0.294. The van der Waals surface area contributed by atoms with Crippen LogP contribution < -0.4 is 5.32 Å². The van der Waals surface area contributed by atoms with Gasteiger partial charge in [-0.15, -0.1) is 5.10 Å². The molecule has 1 rings (SSSR count).